The van der Waals surface area contributed by atoms with E-state index in [9.17, 15) is 9.59 Å². The number of rotatable bonds is 6. The number of primary amides is 1. The molecule has 0 saturated carbocycles. The molecule has 6 heteroatoms. The molecule has 0 bridgehead atoms. The molecule has 94 valence electrons. The van der Waals surface area contributed by atoms with Crippen LogP contribution in [0.15, 0.2) is 12.1 Å². The normalized spacial score (nSPS) is 10.5. The van der Waals surface area contributed by atoms with E-state index < -0.39 is 11.9 Å². The molecule has 0 aliphatic carbocycles. The topological polar surface area (TPSA) is 83.6 Å². The summed E-state index contributed by atoms with van der Waals surface area (Å²) in [5.74, 6) is -1.01. The molecule has 0 unspecified atom stereocenters. The van der Waals surface area contributed by atoms with Crippen LogP contribution in [-0.2, 0) is 4.79 Å². The SMILES string of the molecule is CC(C)CN(CC(N)=O)c1ccc(C(=O)O)s1. The van der Waals surface area contributed by atoms with E-state index in [1.807, 2.05) is 18.7 Å². The summed E-state index contributed by atoms with van der Waals surface area (Å²) >= 11 is 1.15. The van der Waals surface area contributed by atoms with Crippen molar-refractivity contribution < 1.29 is 14.7 Å². The van der Waals surface area contributed by atoms with Gasteiger partial charge in [0, 0.05) is 6.54 Å². The standard InChI is InChI=1S/C11H16N2O3S/c1-7(2)5-13(6-9(12)14)10-4-3-8(17-10)11(15)16/h3-4,7H,5-6H2,1-2H3,(H2,12,14)(H,15,16). The molecule has 0 atom stereocenters. The molecule has 3 N–H and O–H groups in total. The maximum absolute atomic E-state index is 11.0. The molecule has 0 spiro atoms. The van der Waals surface area contributed by atoms with E-state index in [4.69, 9.17) is 10.8 Å². The number of carbonyl (C=O) groups is 2. The third-order valence-electron chi connectivity index (χ3n) is 2.05. The van der Waals surface area contributed by atoms with Crippen molar-refractivity contribution in [2.75, 3.05) is 18.0 Å². The minimum absolute atomic E-state index is 0.109. The molecular weight excluding hydrogens is 240 g/mol. The van der Waals surface area contributed by atoms with E-state index in [0.29, 0.717) is 12.5 Å². The van der Waals surface area contributed by atoms with Crippen LogP contribution < -0.4 is 10.6 Å². The highest BCUT2D eigenvalue weighted by atomic mass is 32.1. The van der Waals surface area contributed by atoms with Crippen molar-refractivity contribution in [1.29, 1.82) is 0 Å². The lowest BCUT2D eigenvalue weighted by molar-refractivity contribution is -0.116. The summed E-state index contributed by atoms with van der Waals surface area (Å²) in [4.78, 5) is 23.8. The zero-order valence-electron chi connectivity index (χ0n) is 9.84. The fraction of sp³-hybridized carbons (Fsp3) is 0.455. The van der Waals surface area contributed by atoms with Crippen molar-refractivity contribution >= 4 is 28.2 Å². The van der Waals surface area contributed by atoms with Gasteiger partial charge in [0.1, 0.15) is 4.88 Å². The first-order valence-corrected chi connectivity index (χ1v) is 6.08. The highest BCUT2D eigenvalue weighted by Crippen LogP contribution is 2.26. The highest BCUT2D eigenvalue weighted by molar-refractivity contribution is 7.17. The zero-order chi connectivity index (χ0) is 13.0. The quantitative estimate of drug-likeness (QED) is 0.805. The number of nitrogens with zero attached hydrogens (tertiary/aromatic N) is 1. The van der Waals surface area contributed by atoms with Crippen LogP contribution in [-0.4, -0.2) is 30.1 Å². The van der Waals surface area contributed by atoms with Crippen molar-refractivity contribution in [2.24, 2.45) is 11.7 Å². The summed E-state index contributed by atoms with van der Waals surface area (Å²) < 4.78 is 0. The summed E-state index contributed by atoms with van der Waals surface area (Å²) in [6, 6.07) is 3.25. The van der Waals surface area contributed by atoms with E-state index in [1.54, 1.807) is 6.07 Å². The second kappa shape index (κ2) is 5.67. The number of anilines is 1. The molecule has 0 aliphatic heterocycles. The summed E-state index contributed by atoms with van der Waals surface area (Å²) in [5, 5.41) is 9.60. The lowest BCUT2D eigenvalue weighted by Crippen LogP contribution is -2.35. The number of carbonyl (C=O) groups excluding carboxylic acids is 1. The molecule has 1 aromatic rings. The number of thiophene rings is 1. The van der Waals surface area contributed by atoms with Gasteiger partial charge < -0.3 is 15.7 Å². The number of hydrogen-bond acceptors (Lipinski definition) is 4. The Hall–Kier alpha value is -1.56. The van der Waals surface area contributed by atoms with E-state index in [0.717, 1.165) is 16.3 Å². The predicted octanol–water partition coefficient (Wildman–Crippen LogP) is 1.39. The van der Waals surface area contributed by atoms with Crippen LogP contribution in [0.4, 0.5) is 5.00 Å². The fourth-order valence-corrected chi connectivity index (χ4v) is 2.33. The average Bonchev–Trinajstić information content (AvgIpc) is 2.63. The molecule has 1 amide bonds. The maximum atomic E-state index is 11.0. The smallest absolute Gasteiger partial charge is 0.345 e. The lowest BCUT2D eigenvalue weighted by Gasteiger charge is -2.23. The third kappa shape index (κ3) is 4.07. The monoisotopic (exact) mass is 256 g/mol. The van der Waals surface area contributed by atoms with Crippen molar-refractivity contribution in [3.8, 4) is 0 Å². The van der Waals surface area contributed by atoms with Gasteiger partial charge in [0.25, 0.3) is 0 Å². The van der Waals surface area contributed by atoms with Gasteiger partial charge in [0.05, 0.1) is 11.5 Å². The Morgan fingerprint density at radius 3 is 2.53 bits per heavy atom. The molecule has 0 saturated heterocycles. The molecular formula is C11H16N2O3S. The predicted molar refractivity (Wildman–Crippen MR) is 67.5 cm³/mol. The number of carboxylic acid groups (broad SMARTS) is 1. The first-order chi connectivity index (χ1) is 7.90. The molecule has 1 heterocycles. The first-order valence-electron chi connectivity index (χ1n) is 5.26. The van der Waals surface area contributed by atoms with Gasteiger partial charge in [-0.15, -0.1) is 11.3 Å². The Morgan fingerprint density at radius 2 is 2.12 bits per heavy atom. The van der Waals surface area contributed by atoms with E-state index in [2.05, 4.69) is 0 Å². The number of carboxylic acids is 1. The Kier molecular flexibility index (Phi) is 4.51. The summed E-state index contributed by atoms with van der Waals surface area (Å²) in [6.45, 7) is 4.83. The van der Waals surface area contributed by atoms with Gasteiger partial charge in [-0.3, -0.25) is 4.79 Å². The van der Waals surface area contributed by atoms with Crippen LogP contribution in [0, 0.1) is 5.92 Å². The van der Waals surface area contributed by atoms with Crippen molar-refractivity contribution in [2.45, 2.75) is 13.8 Å². The summed E-state index contributed by atoms with van der Waals surface area (Å²) in [6.07, 6.45) is 0. The van der Waals surface area contributed by atoms with Crippen LogP contribution in [0.1, 0.15) is 23.5 Å². The van der Waals surface area contributed by atoms with Gasteiger partial charge in [0.15, 0.2) is 0 Å². The average molecular weight is 256 g/mol. The Morgan fingerprint density at radius 1 is 1.47 bits per heavy atom. The van der Waals surface area contributed by atoms with Crippen LogP contribution in [0.25, 0.3) is 0 Å². The molecule has 17 heavy (non-hydrogen) atoms. The van der Waals surface area contributed by atoms with Gasteiger partial charge in [-0.05, 0) is 18.1 Å². The summed E-state index contributed by atoms with van der Waals surface area (Å²) in [5.41, 5.74) is 5.18. The van der Waals surface area contributed by atoms with Gasteiger partial charge in [-0.2, -0.15) is 0 Å². The largest absolute Gasteiger partial charge is 0.477 e. The Balaban J connectivity index is 2.87. The Bertz CT molecular complexity index is 415. The molecule has 0 fully saturated rings. The molecule has 0 aromatic carbocycles. The third-order valence-corrected chi connectivity index (χ3v) is 3.18. The highest BCUT2D eigenvalue weighted by Gasteiger charge is 2.15. The van der Waals surface area contributed by atoms with Gasteiger partial charge in [0.2, 0.25) is 5.91 Å². The fourth-order valence-electron chi connectivity index (χ4n) is 1.47. The van der Waals surface area contributed by atoms with Gasteiger partial charge in [-0.1, -0.05) is 13.8 Å². The Labute approximate surface area is 104 Å². The number of amides is 1. The maximum Gasteiger partial charge on any atom is 0.345 e. The van der Waals surface area contributed by atoms with Gasteiger partial charge >= 0.3 is 5.97 Å². The zero-order valence-corrected chi connectivity index (χ0v) is 10.7. The lowest BCUT2D eigenvalue weighted by atomic mass is 10.2. The minimum atomic E-state index is -0.954. The van der Waals surface area contributed by atoms with E-state index >= 15 is 0 Å². The molecule has 0 radical (unpaired) electrons. The van der Waals surface area contributed by atoms with Crippen LogP contribution in [0.2, 0.25) is 0 Å². The molecule has 5 nitrogen and oxygen atoms in total. The number of hydrogen-bond donors (Lipinski definition) is 2. The van der Waals surface area contributed by atoms with Crippen molar-refractivity contribution in [3.63, 3.8) is 0 Å². The second-order valence-corrected chi connectivity index (χ2v) is 5.25. The van der Waals surface area contributed by atoms with Crippen LogP contribution >= 0.6 is 11.3 Å². The van der Waals surface area contributed by atoms with Crippen LogP contribution in [0.5, 0.6) is 0 Å². The van der Waals surface area contributed by atoms with Crippen molar-refractivity contribution in [1.82, 2.24) is 0 Å². The van der Waals surface area contributed by atoms with E-state index in [-0.39, 0.29) is 11.4 Å². The first kappa shape index (κ1) is 13.5. The number of aromatic carboxylic acids is 1. The van der Waals surface area contributed by atoms with Crippen molar-refractivity contribution in [3.05, 3.63) is 17.0 Å². The molecule has 1 aromatic heterocycles. The number of nitrogens with two attached hydrogens (primary N) is 1. The summed E-state index contributed by atoms with van der Waals surface area (Å²) in [7, 11) is 0. The minimum Gasteiger partial charge on any atom is -0.477 e. The van der Waals surface area contributed by atoms with Crippen LogP contribution in [0.3, 0.4) is 0 Å². The molecule has 1 rings (SSSR count). The van der Waals surface area contributed by atoms with Gasteiger partial charge in [-0.25, -0.2) is 4.79 Å². The molecule has 0 aliphatic rings. The second-order valence-electron chi connectivity index (χ2n) is 4.18. The van der Waals surface area contributed by atoms with E-state index in [1.165, 1.54) is 6.07 Å².